The topological polar surface area (TPSA) is 39.7 Å². The summed E-state index contributed by atoms with van der Waals surface area (Å²) in [6.07, 6.45) is 3.98. The number of rotatable bonds is 3. The maximum atomic E-state index is 12.6. The lowest BCUT2D eigenvalue weighted by Gasteiger charge is -2.38. The monoisotopic (exact) mass is 364 g/mol. The molecule has 3 heterocycles. The van der Waals surface area contributed by atoms with Crippen LogP contribution >= 0.6 is 0 Å². The molecule has 27 heavy (non-hydrogen) atoms. The second kappa shape index (κ2) is 7.59. The molecule has 4 rings (SSSR count). The molecule has 1 amide bonds. The molecule has 0 atom stereocenters. The highest BCUT2D eigenvalue weighted by atomic mass is 16.2. The van der Waals surface area contributed by atoms with Gasteiger partial charge in [0.2, 0.25) is 0 Å². The zero-order chi connectivity index (χ0) is 18.8. The Labute approximate surface area is 161 Å². The zero-order valence-corrected chi connectivity index (χ0v) is 16.3. The highest BCUT2D eigenvalue weighted by Crippen LogP contribution is 2.25. The molecule has 1 aromatic carbocycles. The number of hydrogen-bond donors (Lipinski definition) is 0. The van der Waals surface area contributed by atoms with Gasteiger partial charge in [-0.2, -0.15) is 0 Å². The van der Waals surface area contributed by atoms with Crippen molar-refractivity contribution in [2.75, 3.05) is 49.1 Å². The predicted octanol–water partition coefficient (Wildman–Crippen LogP) is 3.26. The smallest absolute Gasteiger partial charge is 0.272 e. The van der Waals surface area contributed by atoms with E-state index in [1.807, 2.05) is 17.0 Å². The summed E-state index contributed by atoms with van der Waals surface area (Å²) in [5.74, 6) is 0.0726. The van der Waals surface area contributed by atoms with Crippen molar-refractivity contribution < 1.29 is 4.79 Å². The summed E-state index contributed by atoms with van der Waals surface area (Å²) in [6.45, 7) is 9.98. The number of aromatic nitrogens is 1. The molecule has 0 aliphatic carbocycles. The van der Waals surface area contributed by atoms with Gasteiger partial charge in [-0.25, -0.2) is 0 Å². The van der Waals surface area contributed by atoms with Crippen molar-refractivity contribution in [1.29, 1.82) is 0 Å². The van der Waals surface area contributed by atoms with Crippen LogP contribution in [0, 0.1) is 13.8 Å². The van der Waals surface area contributed by atoms with E-state index in [-0.39, 0.29) is 5.91 Å². The van der Waals surface area contributed by atoms with Gasteiger partial charge in [-0.05, 0) is 56.0 Å². The third-order valence-corrected chi connectivity index (χ3v) is 5.92. The summed E-state index contributed by atoms with van der Waals surface area (Å²) in [6, 6.07) is 10.5. The van der Waals surface area contributed by atoms with Crippen LogP contribution in [0.5, 0.6) is 0 Å². The van der Waals surface area contributed by atoms with Crippen molar-refractivity contribution in [3.8, 4) is 0 Å². The van der Waals surface area contributed by atoms with Gasteiger partial charge in [-0.15, -0.1) is 0 Å². The summed E-state index contributed by atoms with van der Waals surface area (Å²) in [4.78, 5) is 23.7. The molecule has 2 aliphatic rings. The Kier molecular flexibility index (Phi) is 5.01. The average Bonchev–Trinajstić information content (AvgIpc) is 3.25. The lowest BCUT2D eigenvalue weighted by molar-refractivity contribution is 0.0787. The standard InChI is InChI=1S/C22H28N4O/c1-17-6-5-7-21(18(17)2)25-14-12-24(13-15-25)19-8-9-23-20(16-19)22(27)26-10-3-4-11-26/h5-9,16H,3-4,10-15H2,1-2H3. The van der Waals surface area contributed by atoms with Crippen LogP contribution in [0.2, 0.25) is 0 Å². The summed E-state index contributed by atoms with van der Waals surface area (Å²) >= 11 is 0. The Morgan fingerprint density at radius 1 is 0.926 bits per heavy atom. The van der Waals surface area contributed by atoms with Gasteiger partial charge in [-0.3, -0.25) is 9.78 Å². The van der Waals surface area contributed by atoms with Gasteiger partial charge < -0.3 is 14.7 Å². The molecule has 1 aromatic heterocycles. The van der Waals surface area contributed by atoms with Gasteiger partial charge in [-0.1, -0.05) is 12.1 Å². The molecule has 0 N–H and O–H groups in total. The van der Waals surface area contributed by atoms with Crippen molar-refractivity contribution in [3.05, 3.63) is 53.3 Å². The van der Waals surface area contributed by atoms with E-state index < -0.39 is 0 Å². The lowest BCUT2D eigenvalue weighted by Crippen LogP contribution is -2.46. The second-order valence-corrected chi connectivity index (χ2v) is 7.59. The Morgan fingerprint density at radius 2 is 1.63 bits per heavy atom. The van der Waals surface area contributed by atoms with Crippen LogP contribution in [0.4, 0.5) is 11.4 Å². The third-order valence-electron chi connectivity index (χ3n) is 5.92. The van der Waals surface area contributed by atoms with Crippen LogP contribution in [-0.4, -0.2) is 55.1 Å². The van der Waals surface area contributed by atoms with Crippen molar-refractivity contribution in [3.63, 3.8) is 0 Å². The second-order valence-electron chi connectivity index (χ2n) is 7.59. The third kappa shape index (κ3) is 3.64. The molecule has 0 unspecified atom stereocenters. The van der Waals surface area contributed by atoms with Crippen LogP contribution in [0.3, 0.4) is 0 Å². The minimum atomic E-state index is 0.0726. The largest absolute Gasteiger partial charge is 0.368 e. The molecular weight excluding hydrogens is 336 g/mol. The number of piperazine rings is 1. The van der Waals surface area contributed by atoms with E-state index in [2.05, 4.69) is 46.8 Å². The van der Waals surface area contributed by atoms with E-state index >= 15 is 0 Å². The number of pyridine rings is 1. The Bertz CT molecular complexity index is 821. The zero-order valence-electron chi connectivity index (χ0n) is 16.3. The number of likely N-dealkylation sites (tertiary alicyclic amines) is 1. The first-order valence-corrected chi connectivity index (χ1v) is 9.95. The van der Waals surface area contributed by atoms with E-state index in [4.69, 9.17) is 0 Å². The van der Waals surface area contributed by atoms with Crippen LogP contribution in [0.25, 0.3) is 0 Å². The predicted molar refractivity (Wildman–Crippen MR) is 110 cm³/mol. The fraction of sp³-hybridized carbons (Fsp3) is 0.455. The van der Waals surface area contributed by atoms with E-state index in [0.29, 0.717) is 5.69 Å². The lowest BCUT2D eigenvalue weighted by atomic mass is 10.1. The fourth-order valence-corrected chi connectivity index (χ4v) is 4.10. The van der Waals surface area contributed by atoms with Crippen molar-refractivity contribution >= 4 is 17.3 Å². The molecule has 0 bridgehead atoms. The number of carbonyl (C=O) groups is 1. The first-order valence-electron chi connectivity index (χ1n) is 9.95. The molecule has 5 nitrogen and oxygen atoms in total. The van der Waals surface area contributed by atoms with Gasteiger partial charge >= 0.3 is 0 Å². The van der Waals surface area contributed by atoms with E-state index in [1.165, 1.54) is 16.8 Å². The van der Waals surface area contributed by atoms with Crippen molar-refractivity contribution in [1.82, 2.24) is 9.88 Å². The number of hydrogen-bond acceptors (Lipinski definition) is 4. The highest BCUT2D eigenvalue weighted by Gasteiger charge is 2.23. The Balaban J connectivity index is 1.44. The molecule has 0 saturated carbocycles. The minimum absolute atomic E-state index is 0.0726. The van der Waals surface area contributed by atoms with Crippen LogP contribution < -0.4 is 9.80 Å². The summed E-state index contributed by atoms with van der Waals surface area (Å²) in [5, 5.41) is 0. The first-order chi connectivity index (χ1) is 13.1. The fourth-order valence-electron chi connectivity index (χ4n) is 4.10. The number of aryl methyl sites for hydroxylation is 1. The quantitative estimate of drug-likeness (QED) is 0.838. The molecule has 0 spiro atoms. The van der Waals surface area contributed by atoms with Crippen LogP contribution in [-0.2, 0) is 0 Å². The maximum absolute atomic E-state index is 12.6. The molecule has 0 radical (unpaired) electrons. The number of anilines is 2. The first kappa shape index (κ1) is 17.8. The number of benzene rings is 1. The van der Waals surface area contributed by atoms with Crippen molar-refractivity contribution in [2.24, 2.45) is 0 Å². The number of nitrogens with zero attached hydrogens (tertiary/aromatic N) is 4. The van der Waals surface area contributed by atoms with Gasteiger partial charge in [0.15, 0.2) is 0 Å². The summed E-state index contributed by atoms with van der Waals surface area (Å²) in [7, 11) is 0. The molecule has 2 aromatic rings. The minimum Gasteiger partial charge on any atom is -0.368 e. The normalized spacial score (nSPS) is 17.5. The number of carbonyl (C=O) groups excluding carboxylic acids is 1. The van der Waals surface area contributed by atoms with E-state index in [1.54, 1.807) is 6.20 Å². The number of amides is 1. The van der Waals surface area contributed by atoms with Gasteiger partial charge in [0.05, 0.1) is 0 Å². The summed E-state index contributed by atoms with van der Waals surface area (Å²) in [5.41, 5.74) is 5.73. The Hall–Kier alpha value is -2.56. The average molecular weight is 364 g/mol. The maximum Gasteiger partial charge on any atom is 0.272 e. The molecule has 2 aliphatic heterocycles. The van der Waals surface area contributed by atoms with E-state index in [9.17, 15) is 4.79 Å². The Morgan fingerprint density at radius 3 is 2.37 bits per heavy atom. The molecule has 142 valence electrons. The molecule has 2 fully saturated rings. The molecule has 5 heteroatoms. The SMILES string of the molecule is Cc1cccc(N2CCN(c3ccnc(C(=O)N4CCCC4)c3)CC2)c1C. The molecular formula is C22H28N4O. The van der Waals surface area contributed by atoms with E-state index in [0.717, 1.165) is 57.8 Å². The van der Waals surface area contributed by atoms with Crippen molar-refractivity contribution in [2.45, 2.75) is 26.7 Å². The van der Waals surface area contributed by atoms with Gasteiger partial charge in [0.25, 0.3) is 5.91 Å². The van der Waals surface area contributed by atoms with Gasteiger partial charge in [0, 0.05) is 56.8 Å². The van der Waals surface area contributed by atoms with Gasteiger partial charge in [0.1, 0.15) is 5.69 Å². The van der Waals surface area contributed by atoms with Crippen LogP contribution in [0.1, 0.15) is 34.5 Å². The summed E-state index contributed by atoms with van der Waals surface area (Å²) < 4.78 is 0. The molecule has 2 saturated heterocycles. The highest BCUT2D eigenvalue weighted by molar-refractivity contribution is 5.93. The van der Waals surface area contributed by atoms with Crippen LogP contribution in [0.15, 0.2) is 36.5 Å².